The Labute approximate surface area is 216 Å². The van der Waals surface area contributed by atoms with E-state index in [0.29, 0.717) is 29.0 Å². The van der Waals surface area contributed by atoms with Crippen LogP contribution in [0.1, 0.15) is 36.2 Å². The van der Waals surface area contributed by atoms with Gasteiger partial charge in [0, 0.05) is 18.7 Å². The molecular formula is C27H30FNO7S. The van der Waals surface area contributed by atoms with Crippen LogP contribution in [0.4, 0.5) is 4.39 Å². The molecule has 0 saturated carbocycles. The minimum Gasteiger partial charge on any atom is -0.497 e. The predicted octanol–water partition coefficient (Wildman–Crippen LogP) is 5.06. The highest BCUT2D eigenvalue weighted by Crippen LogP contribution is 2.33. The van der Waals surface area contributed by atoms with Gasteiger partial charge >= 0.3 is 10.1 Å². The highest BCUT2D eigenvalue weighted by Gasteiger charge is 2.25. The highest BCUT2D eigenvalue weighted by molar-refractivity contribution is 7.87. The number of methoxy groups -OCH3 is 3. The van der Waals surface area contributed by atoms with Crippen LogP contribution in [-0.2, 0) is 16.7 Å². The van der Waals surface area contributed by atoms with Crippen molar-refractivity contribution in [1.82, 2.24) is 4.90 Å². The Hall–Kier alpha value is -3.79. The van der Waals surface area contributed by atoms with Gasteiger partial charge in [0.25, 0.3) is 5.91 Å². The summed E-state index contributed by atoms with van der Waals surface area (Å²) in [6, 6.07) is 13.9. The van der Waals surface area contributed by atoms with Gasteiger partial charge in [-0.05, 0) is 67.4 Å². The van der Waals surface area contributed by atoms with Crippen molar-refractivity contribution < 1.29 is 36.0 Å². The smallest absolute Gasteiger partial charge is 0.339 e. The van der Waals surface area contributed by atoms with Crippen LogP contribution in [0.3, 0.4) is 0 Å². The molecule has 0 aliphatic rings. The van der Waals surface area contributed by atoms with E-state index in [2.05, 4.69) is 0 Å². The number of amides is 1. The number of rotatable bonds is 11. The topological polar surface area (TPSA) is 91.4 Å². The molecule has 198 valence electrons. The molecule has 1 atom stereocenters. The van der Waals surface area contributed by atoms with E-state index in [1.807, 2.05) is 13.8 Å². The molecule has 0 radical (unpaired) electrons. The quantitative estimate of drug-likeness (QED) is 0.320. The van der Waals surface area contributed by atoms with Crippen molar-refractivity contribution >= 4 is 16.0 Å². The Morgan fingerprint density at radius 3 is 2.16 bits per heavy atom. The predicted molar refractivity (Wildman–Crippen MR) is 136 cm³/mol. The molecule has 37 heavy (non-hydrogen) atoms. The fraction of sp³-hybridized carbons (Fsp3) is 0.296. The van der Waals surface area contributed by atoms with E-state index in [-0.39, 0.29) is 34.9 Å². The van der Waals surface area contributed by atoms with Gasteiger partial charge in [0.2, 0.25) is 0 Å². The highest BCUT2D eigenvalue weighted by atomic mass is 32.2. The zero-order valence-electron chi connectivity index (χ0n) is 21.4. The zero-order chi connectivity index (χ0) is 27.2. The molecule has 0 bridgehead atoms. The van der Waals surface area contributed by atoms with Crippen molar-refractivity contribution in [2.75, 3.05) is 21.3 Å². The summed E-state index contributed by atoms with van der Waals surface area (Å²) in [6.07, 6.45) is 0.683. The van der Waals surface area contributed by atoms with Gasteiger partial charge in [-0.3, -0.25) is 4.79 Å². The molecule has 8 nitrogen and oxygen atoms in total. The second-order valence-electron chi connectivity index (χ2n) is 8.23. The van der Waals surface area contributed by atoms with E-state index in [1.54, 1.807) is 35.2 Å². The lowest BCUT2D eigenvalue weighted by Crippen LogP contribution is -2.38. The average Bonchev–Trinajstić information content (AvgIpc) is 2.90. The maximum absolute atomic E-state index is 13.6. The molecule has 1 amide bonds. The van der Waals surface area contributed by atoms with Gasteiger partial charge in [0.05, 0.1) is 26.9 Å². The largest absolute Gasteiger partial charge is 0.497 e. The molecule has 10 heteroatoms. The van der Waals surface area contributed by atoms with E-state index in [9.17, 15) is 17.6 Å². The van der Waals surface area contributed by atoms with Gasteiger partial charge in [0.1, 0.15) is 22.2 Å². The minimum absolute atomic E-state index is 0.0529. The number of nitrogens with zero attached hydrogens (tertiary/aromatic N) is 1. The Kier molecular flexibility index (Phi) is 8.99. The standard InChI is InChI=1S/C27H30FNO7S/c1-6-18(2)29(27(30)23-13-10-21(33-3)16-25(23)35-5)17-19-7-14-24(34-4)26(15-19)36-37(31,32)22-11-8-20(28)9-12-22/h7-16,18H,6,17H2,1-5H3/t18-/m0/s1. The minimum atomic E-state index is -4.26. The summed E-state index contributed by atoms with van der Waals surface area (Å²) < 4.78 is 60.1. The molecule has 0 unspecified atom stereocenters. The normalized spacial score (nSPS) is 11.9. The first-order chi connectivity index (χ1) is 17.6. The van der Waals surface area contributed by atoms with Crippen LogP contribution in [0.5, 0.6) is 23.0 Å². The van der Waals surface area contributed by atoms with Crippen molar-refractivity contribution in [2.24, 2.45) is 0 Å². The zero-order valence-corrected chi connectivity index (χ0v) is 22.2. The SMILES string of the molecule is CC[C@H](C)N(Cc1ccc(OC)c(OS(=O)(=O)c2ccc(F)cc2)c1)C(=O)c1ccc(OC)cc1OC. The van der Waals surface area contributed by atoms with Gasteiger partial charge in [-0.15, -0.1) is 0 Å². The van der Waals surface area contributed by atoms with Crippen molar-refractivity contribution in [3.63, 3.8) is 0 Å². The van der Waals surface area contributed by atoms with Gasteiger partial charge in [-0.25, -0.2) is 4.39 Å². The molecular weight excluding hydrogens is 501 g/mol. The Morgan fingerprint density at radius 1 is 0.892 bits per heavy atom. The maximum Gasteiger partial charge on any atom is 0.339 e. The number of halogens is 1. The fourth-order valence-electron chi connectivity index (χ4n) is 3.63. The number of carbonyl (C=O) groups excluding carboxylic acids is 1. The van der Waals surface area contributed by atoms with Crippen LogP contribution in [0, 0.1) is 5.82 Å². The fourth-order valence-corrected chi connectivity index (χ4v) is 4.56. The number of hydrogen-bond acceptors (Lipinski definition) is 7. The lowest BCUT2D eigenvalue weighted by Gasteiger charge is -2.29. The molecule has 3 rings (SSSR count). The molecule has 3 aromatic rings. The summed E-state index contributed by atoms with van der Waals surface area (Å²) in [5.74, 6) is 0.244. The Bertz CT molecular complexity index is 1340. The number of benzene rings is 3. The first-order valence-electron chi connectivity index (χ1n) is 11.5. The molecule has 0 aliphatic carbocycles. The lowest BCUT2D eigenvalue weighted by atomic mass is 10.1. The van der Waals surface area contributed by atoms with Gasteiger partial charge < -0.3 is 23.3 Å². The number of carbonyl (C=O) groups is 1. The van der Waals surface area contributed by atoms with Crippen LogP contribution in [0.2, 0.25) is 0 Å². The van der Waals surface area contributed by atoms with Gasteiger partial charge in [-0.2, -0.15) is 8.42 Å². The Morgan fingerprint density at radius 2 is 1.57 bits per heavy atom. The van der Waals surface area contributed by atoms with Gasteiger partial charge in [-0.1, -0.05) is 13.0 Å². The monoisotopic (exact) mass is 531 g/mol. The van der Waals surface area contributed by atoms with E-state index in [1.165, 1.54) is 27.4 Å². The summed E-state index contributed by atoms with van der Waals surface area (Å²) in [4.78, 5) is 15.1. The lowest BCUT2D eigenvalue weighted by molar-refractivity contribution is 0.0668. The van der Waals surface area contributed by atoms with Crippen LogP contribution < -0.4 is 18.4 Å². The summed E-state index contributed by atoms with van der Waals surface area (Å²) in [6.45, 7) is 4.06. The van der Waals surface area contributed by atoms with Crippen LogP contribution in [0.15, 0.2) is 65.6 Å². The van der Waals surface area contributed by atoms with Crippen molar-refractivity contribution in [2.45, 2.75) is 37.8 Å². The second kappa shape index (κ2) is 12.0. The molecule has 0 heterocycles. The van der Waals surface area contributed by atoms with E-state index in [4.69, 9.17) is 18.4 Å². The molecule has 3 aromatic carbocycles. The molecule has 0 spiro atoms. The number of hydrogen-bond donors (Lipinski definition) is 0. The molecule has 0 N–H and O–H groups in total. The third-order valence-corrected chi connectivity index (χ3v) is 7.15. The first kappa shape index (κ1) is 27.8. The average molecular weight is 532 g/mol. The van der Waals surface area contributed by atoms with Crippen molar-refractivity contribution in [1.29, 1.82) is 0 Å². The Balaban J connectivity index is 1.95. The van der Waals surface area contributed by atoms with Crippen molar-refractivity contribution in [3.8, 4) is 23.0 Å². The maximum atomic E-state index is 13.6. The summed E-state index contributed by atoms with van der Waals surface area (Å²) in [5.41, 5.74) is 0.985. The molecule has 0 saturated heterocycles. The third kappa shape index (κ3) is 6.51. The van der Waals surface area contributed by atoms with Crippen LogP contribution in [0.25, 0.3) is 0 Å². The van der Waals surface area contributed by atoms with E-state index >= 15 is 0 Å². The van der Waals surface area contributed by atoms with E-state index in [0.717, 1.165) is 24.3 Å². The van der Waals surface area contributed by atoms with Crippen molar-refractivity contribution in [3.05, 3.63) is 77.6 Å². The molecule has 0 aromatic heterocycles. The van der Waals surface area contributed by atoms with E-state index < -0.39 is 15.9 Å². The summed E-state index contributed by atoms with van der Waals surface area (Å²) in [5, 5.41) is 0. The van der Waals surface area contributed by atoms with Gasteiger partial charge in [0.15, 0.2) is 11.5 Å². The summed E-state index contributed by atoms with van der Waals surface area (Å²) >= 11 is 0. The van der Waals surface area contributed by atoms with Crippen LogP contribution in [-0.4, -0.2) is 46.6 Å². The summed E-state index contributed by atoms with van der Waals surface area (Å²) in [7, 11) is 0.136. The second-order valence-corrected chi connectivity index (χ2v) is 9.78. The van der Waals surface area contributed by atoms with Crippen LogP contribution >= 0.6 is 0 Å². The number of ether oxygens (including phenoxy) is 3. The molecule has 0 aliphatic heterocycles. The molecule has 0 fully saturated rings. The first-order valence-corrected chi connectivity index (χ1v) is 12.9. The third-order valence-electron chi connectivity index (χ3n) is 5.91.